The van der Waals surface area contributed by atoms with Crippen molar-refractivity contribution in [3.63, 3.8) is 0 Å². The lowest BCUT2D eigenvalue weighted by molar-refractivity contribution is -0.111. The Morgan fingerprint density at radius 2 is 2.22 bits per heavy atom. The van der Waals surface area contributed by atoms with Crippen LogP contribution < -0.4 is 0 Å². The Kier molecular flexibility index (Phi) is 3.47. The molecule has 0 spiro atoms. The maximum Gasteiger partial charge on any atom is 0.181 e. The average molecular weight is 250 g/mol. The van der Waals surface area contributed by atoms with Crippen LogP contribution in [0, 0.1) is 17.3 Å². The molecule has 0 radical (unpaired) electrons. The van der Waals surface area contributed by atoms with Crippen molar-refractivity contribution in [2.45, 2.75) is 39.7 Å². The SMILES string of the molecule is CC1=C2C[C@H]([C@H](C)CO)[C@@H](O)C[C@@]2(C)C=CC1=O. The first-order valence-corrected chi connectivity index (χ1v) is 6.62. The van der Waals surface area contributed by atoms with Crippen LogP contribution >= 0.6 is 0 Å². The normalized spacial score (nSPS) is 37.7. The zero-order chi connectivity index (χ0) is 13.5. The van der Waals surface area contributed by atoms with E-state index in [1.165, 1.54) is 0 Å². The van der Waals surface area contributed by atoms with Gasteiger partial charge in [0.1, 0.15) is 0 Å². The summed E-state index contributed by atoms with van der Waals surface area (Å²) in [6.07, 6.45) is 4.49. The van der Waals surface area contributed by atoms with Crippen molar-refractivity contribution in [2.75, 3.05) is 6.61 Å². The Morgan fingerprint density at radius 3 is 2.83 bits per heavy atom. The van der Waals surface area contributed by atoms with Gasteiger partial charge in [-0.2, -0.15) is 0 Å². The largest absolute Gasteiger partial charge is 0.396 e. The van der Waals surface area contributed by atoms with E-state index in [0.717, 1.165) is 11.1 Å². The number of allylic oxidation sites excluding steroid dienone is 4. The highest BCUT2D eigenvalue weighted by atomic mass is 16.3. The molecular weight excluding hydrogens is 228 g/mol. The van der Waals surface area contributed by atoms with Gasteiger partial charge in [0.2, 0.25) is 0 Å². The van der Waals surface area contributed by atoms with Crippen molar-refractivity contribution in [1.29, 1.82) is 0 Å². The van der Waals surface area contributed by atoms with Gasteiger partial charge < -0.3 is 10.2 Å². The molecule has 1 fully saturated rings. The van der Waals surface area contributed by atoms with Crippen molar-refractivity contribution in [3.8, 4) is 0 Å². The van der Waals surface area contributed by atoms with Crippen LogP contribution in [0.2, 0.25) is 0 Å². The molecule has 2 aliphatic rings. The van der Waals surface area contributed by atoms with Crippen LogP contribution in [-0.2, 0) is 4.79 Å². The number of hydrogen-bond acceptors (Lipinski definition) is 3. The first-order chi connectivity index (χ1) is 8.39. The molecule has 18 heavy (non-hydrogen) atoms. The second-order valence-corrected chi connectivity index (χ2v) is 6.02. The van der Waals surface area contributed by atoms with Crippen molar-refractivity contribution in [2.24, 2.45) is 17.3 Å². The molecule has 2 rings (SSSR count). The van der Waals surface area contributed by atoms with Crippen LogP contribution in [0.15, 0.2) is 23.3 Å². The van der Waals surface area contributed by atoms with Crippen LogP contribution in [0.25, 0.3) is 0 Å². The molecule has 0 amide bonds. The molecular formula is C15H22O3. The third kappa shape index (κ3) is 2.06. The van der Waals surface area contributed by atoms with Gasteiger partial charge in [0, 0.05) is 12.0 Å². The molecule has 1 saturated carbocycles. The molecule has 0 heterocycles. The van der Waals surface area contributed by atoms with Gasteiger partial charge in [-0.15, -0.1) is 0 Å². The van der Waals surface area contributed by atoms with E-state index in [1.807, 2.05) is 19.9 Å². The average Bonchev–Trinajstić information content (AvgIpc) is 2.33. The van der Waals surface area contributed by atoms with E-state index in [2.05, 4.69) is 6.92 Å². The van der Waals surface area contributed by atoms with Gasteiger partial charge >= 0.3 is 0 Å². The Hall–Kier alpha value is -0.930. The summed E-state index contributed by atoms with van der Waals surface area (Å²) >= 11 is 0. The summed E-state index contributed by atoms with van der Waals surface area (Å²) < 4.78 is 0. The van der Waals surface area contributed by atoms with Crippen LogP contribution in [-0.4, -0.2) is 28.7 Å². The number of aliphatic hydroxyl groups excluding tert-OH is 2. The minimum atomic E-state index is -0.411. The summed E-state index contributed by atoms with van der Waals surface area (Å²) in [6.45, 7) is 5.98. The molecule has 0 unspecified atom stereocenters. The van der Waals surface area contributed by atoms with Crippen molar-refractivity contribution < 1.29 is 15.0 Å². The van der Waals surface area contributed by atoms with Crippen LogP contribution in [0.1, 0.15) is 33.6 Å². The van der Waals surface area contributed by atoms with E-state index in [0.29, 0.717) is 12.8 Å². The zero-order valence-electron chi connectivity index (χ0n) is 11.3. The highest BCUT2D eigenvalue weighted by Crippen LogP contribution is 2.49. The molecule has 2 aliphatic carbocycles. The summed E-state index contributed by atoms with van der Waals surface area (Å²) in [5.41, 5.74) is 1.77. The second-order valence-electron chi connectivity index (χ2n) is 6.02. The van der Waals surface area contributed by atoms with Crippen LogP contribution in [0.3, 0.4) is 0 Å². The molecule has 100 valence electrons. The number of aliphatic hydroxyl groups is 2. The van der Waals surface area contributed by atoms with E-state index >= 15 is 0 Å². The third-order valence-corrected chi connectivity index (χ3v) is 4.70. The molecule has 0 bridgehead atoms. The monoisotopic (exact) mass is 250 g/mol. The molecule has 0 aliphatic heterocycles. The molecule has 3 nitrogen and oxygen atoms in total. The number of ketones is 1. The Balaban J connectivity index is 2.35. The predicted octanol–water partition coefficient (Wildman–Crippen LogP) is 1.85. The van der Waals surface area contributed by atoms with Gasteiger partial charge in [-0.05, 0) is 43.3 Å². The molecule has 0 saturated heterocycles. The highest BCUT2D eigenvalue weighted by molar-refractivity contribution is 6.05. The Morgan fingerprint density at radius 1 is 1.56 bits per heavy atom. The number of hydrogen-bond donors (Lipinski definition) is 2. The molecule has 0 aromatic rings. The maximum atomic E-state index is 11.8. The molecule has 2 N–H and O–H groups in total. The lowest BCUT2D eigenvalue weighted by Crippen LogP contribution is -2.41. The first kappa shape index (κ1) is 13.5. The van der Waals surface area contributed by atoms with Gasteiger partial charge in [0.15, 0.2) is 5.78 Å². The van der Waals surface area contributed by atoms with E-state index in [4.69, 9.17) is 0 Å². The number of carbonyl (C=O) groups excluding carboxylic acids is 1. The third-order valence-electron chi connectivity index (χ3n) is 4.70. The molecule has 0 aromatic carbocycles. The van der Waals surface area contributed by atoms with Crippen LogP contribution in [0.5, 0.6) is 0 Å². The Labute approximate surface area is 108 Å². The smallest absolute Gasteiger partial charge is 0.181 e. The predicted molar refractivity (Wildman–Crippen MR) is 69.9 cm³/mol. The van der Waals surface area contributed by atoms with Gasteiger partial charge in [0.25, 0.3) is 0 Å². The fraction of sp³-hybridized carbons (Fsp3) is 0.667. The highest BCUT2D eigenvalue weighted by Gasteiger charge is 2.43. The molecule has 3 heteroatoms. The van der Waals surface area contributed by atoms with Gasteiger partial charge in [0.05, 0.1) is 6.10 Å². The van der Waals surface area contributed by atoms with Crippen molar-refractivity contribution >= 4 is 5.78 Å². The van der Waals surface area contributed by atoms with E-state index in [9.17, 15) is 15.0 Å². The lowest BCUT2D eigenvalue weighted by Gasteiger charge is -2.45. The summed E-state index contributed by atoms with van der Waals surface area (Å²) in [4.78, 5) is 11.8. The number of carbonyl (C=O) groups is 1. The van der Waals surface area contributed by atoms with Crippen molar-refractivity contribution in [3.05, 3.63) is 23.3 Å². The van der Waals surface area contributed by atoms with Crippen LogP contribution in [0.4, 0.5) is 0 Å². The van der Waals surface area contributed by atoms with Gasteiger partial charge in [-0.25, -0.2) is 0 Å². The standard InChI is InChI=1S/C15H22O3/c1-9(8-16)11-6-12-10(2)13(17)4-5-15(12,3)7-14(11)18/h4-5,9,11,14,16,18H,6-8H2,1-3H3/t9-,11-,14+,15-/m1/s1. The summed E-state index contributed by atoms with van der Waals surface area (Å²) in [5.74, 6) is 0.187. The zero-order valence-corrected chi connectivity index (χ0v) is 11.3. The Bertz CT molecular complexity index is 421. The molecule has 4 atom stereocenters. The van der Waals surface area contributed by atoms with Crippen molar-refractivity contribution in [1.82, 2.24) is 0 Å². The second kappa shape index (κ2) is 4.63. The van der Waals surface area contributed by atoms with E-state index < -0.39 is 6.10 Å². The van der Waals surface area contributed by atoms with E-state index in [-0.39, 0.29) is 29.6 Å². The summed E-state index contributed by atoms with van der Waals surface area (Å²) in [7, 11) is 0. The fourth-order valence-corrected chi connectivity index (χ4v) is 3.31. The van der Waals surface area contributed by atoms with E-state index in [1.54, 1.807) is 6.08 Å². The number of rotatable bonds is 2. The number of fused-ring (bicyclic) bond motifs is 1. The van der Waals surface area contributed by atoms with Gasteiger partial charge in [-0.1, -0.05) is 25.5 Å². The molecule has 0 aromatic heterocycles. The summed E-state index contributed by atoms with van der Waals surface area (Å²) in [5, 5.41) is 19.5. The van der Waals surface area contributed by atoms with Gasteiger partial charge in [-0.3, -0.25) is 4.79 Å². The first-order valence-electron chi connectivity index (χ1n) is 6.62. The minimum absolute atomic E-state index is 0.0484. The lowest BCUT2D eigenvalue weighted by atomic mass is 9.61. The quantitative estimate of drug-likeness (QED) is 0.786. The topological polar surface area (TPSA) is 57.5 Å². The minimum Gasteiger partial charge on any atom is -0.396 e. The maximum absolute atomic E-state index is 11.8. The summed E-state index contributed by atoms with van der Waals surface area (Å²) in [6, 6.07) is 0. The fourth-order valence-electron chi connectivity index (χ4n) is 3.31.